The van der Waals surface area contributed by atoms with Crippen LogP contribution in [0, 0.1) is 0 Å². The topological polar surface area (TPSA) is 76.5 Å². The third kappa shape index (κ3) is 1.45. The minimum atomic E-state index is -0.218. The molecular formula is C14H9N5O. The molecule has 0 amide bonds. The molecule has 0 aliphatic heterocycles. The number of pyridine rings is 1. The first-order valence-electron chi connectivity index (χ1n) is 6.11. The predicted octanol–water partition coefficient (Wildman–Crippen LogP) is 1.66. The van der Waals surface area contributed by atoms with E-state index in [9.17, 15) is 4.79 Å². The summed E-state index contributed by atoms with van der Waals surface area (Å²) < 4.78 is 1.45. The Bertz CT molecular complexity index is 971. The number of aromatic nitrogens is 5. The van der Waals surface area contributed by atoms with Crippen molar-refractivity contribution in [2.24, 2.45) is 0 Å². The van der Waals surface area contributed by atoms with Crippen LogP contribution in [0.5, 0.6) is 0 Å². The molecule has 6 heteroatoms. The summed E-state index contributed by atoms with van der Waals surface area (Å²) in [5.74, 6) is 0. The van der Waals surface area contributed by atoms with E-state index in [0.717, 1.165) is 10.9 Å². The monoisotopic (exact) mass is 263 g/mol. The third-order valence-corrected chi connectivity index (χ3v) is 3.22. The summed E-state index contributed by atoms with van der Waals surface area (Å²) in [6, 6.07) is 11.1. The van der Waals surface area contributed by atoms with Gasteiger partial charge in [0.1, 0.15) is 0 Å². The van der Waals surface area contributed by atoms with Crippen molar-refractivity contribution in [1.82, 2.24) is 25.0 Å². The molecule has 4 rings (SSSR count). The minimum Gasteiger partial charge on any atom is -0.288 e. The molecule has 20 heavy (non-hydrogen) atoms. The predicted molar refractivity (Wildman–Crippen MR) is 74.8 cm³/mol. The molecule has 0 spiro atoms. The maximum atomic E-state index is 12.4. The fourth-order valence-electron chi connectivity index (χ4n) is 2.26. The zero-order chi connectivity index (χ0) is 13.5. The van der Waals surface area contributed by atoms with Crippen LogP contribution in [0.1, 0.15) is 0 Å². The first kappa shape index (κ1) is 10.9. The number of aromatic amines is 1. The van der Waals surface area contributed by atoms with E-state index < -0.39 is 0 Å². The number of hydrogen-bond acceptors (Lipinski definition) is 4. The van der Waals surface area contributed by atoms with Gasteiger partial charge in [0.2, 0.25) is 0 Å². The van der Waals surface area contributed by atoms with Gasteiger partial charge in [-0.25, -0.2) is 4.68 Å². The van der Waals surface area contributed by atoms with Crippen LogP contribution in [0.25, 0.3) is 27.6 Å². The molecule has 0 aliphatic rings. The lowest BCUT2D eigenvalue weighted by molar-refractivity contribution is 0.860. The van der Waals surface area contributed by atoms with Crippen molar-refractivity contribution in [2.45, 2.75) is 0 Å². The molecular weight excluding hydrogens is 254 g/mol. The fourth-order valence-corrected chi connectivity index (χ4v) is 2.26. The van der Waals surface area contributed by atoms with E-state index in [-0.39, 0.29) is 5.56 Å². The van der Waals surface area contributed by atoms with Gasteiger partial charge in [-0.3, -0.25) is 14.9 Å². The molecule has 0 unspecified atom stereocenters. The van der Waals surface area contributed by atoms with Crippen LogP contribution in [-0.4, -0.2) is 25.0 Å². The average Bonchev–Trinajstić information content (AvgIpc) is 2.86. The van der Waals surface area contributed by atoms with Crippen molar-refractivity contribution < 1.29 is 0 Å². The molecule has 0 fully saturated rings. The second-order valence-corrected chi connectivity index (χ2v) is 4.40. The molecule has 0 atom stereocenters. The third-order valence-electron chi connectivity index (χ3n) is 3.22. The zero-order valence-electron chi connectivity index (χ0n) is 10.3. The highest BCUT2D eigenvalue weighted by atomic mass is 16.1. The Hall–Kier alpha value is -3.02. The molecule has 4 aromatic rings. The van der Waals surface area contributed by atoms with E-state index in [0.29, 0.717) is 16.7 Å². The maximum absolute atomic E-state index is 12.4. The van der Waals surface area contributed by atoms with Crippen LogP contribution in [0.4, 0.5) is 0 Å². The Morgan fingerprint density at radius 2 is 1.80 bits per heavy atom. The molecule has 0 radical (unpaired) electrons. The summed E-state index contributed by atoms with van der Waals surface area (Å²) in [6.07, 6.45) is 3.27. The van der Waals surface area contributed by atoms with Gasteiger partial charge in [-0.1, -0.05) is 18.2 Å². The Balaban J connectivity index is 2.13. The van der Waals surface area contributed by atoms with Crippen LogP contribution in [-0.2, 0) is 0 Å². The number of fused-ring (bicyclic) bond motifs is 3. The molecule has 0 aliphatic carbocycles. The number of H-pyrrole nitrogens is 1. The van der Waals surface area contributed by atoms with Crippen molar-refractivity contribution in [3.63, 3.8) is 0 Å². The van der Waals surface area contributed by atoms with E-state index in [1.165, 1.54) is 4.68 Å². The van der Waals surface area contributed by atoms with E-state index in [1.54, 1.807) is 24.5 Å². The van der Waals surface area contributed by atoms with Gasteiger partial charge in [-0.15, -0.1) is 10.2 Å². The lowest BCUT2D eigenvalue weighted by Crippen LogP contribution is -2.14. The number of nitrogens with one attached hydrogen (secondary N) is 1. The van der Waals surface area contributed by atoms with Gasteiger partial charge in [-0.2, -0.15) is 0 Å². The molecule has 0 saturated carbocycles. The second kappa shape index (κ2) is 3.99. The lowest BCUT2D eigenvalue weighted by atomic mass is 10.2. The normalized spacial score (nSPS) is 11.2. The van der Waals surface area contributed by atoms with Crippen LogP contribution in [0.3, 0.4) is 0 Å². The molecule has 96 valence electrons. The summed E-state index contributed by atoms with van der Waals surface area (Å²) in [5.41, 5.74) is 2.28. The summed E-state index contributed by atoms with van der Waals surface area (Å²) in [6.45, 7) is 0. The minimum absolute atomic E-state index is 0.218. The smallest absolute Gasteiger partial charge is 0.288 e. The van der Waals surface area contributed by atoms with Gasteiger partial charge >= 0.3 is 0 Å². The molecule has 1 N–H and O–H groups in total. The number of nitrogens with zero attached hydrogens (tertiary/aromatic N) is 4. The summed E-state index contributed by atoms with van der Waals surface area (Å²) in [5, 5.41) is 12.1. The van der Waals surface area contributed by atoms with Crippen LogP contribution in [0.15, 0.2) is 53.6 Å². The first-order chi connectivity index (χ1) is 9.84. The van der Waals surface area contributed by atoms with Gasteiger partial charge < -0.3 is 0 Å². The molecule has 0 saturated heterocycles. The van der Waals surface area contributed by atoms with Crippen molar-refractivity contribution in [1.29, 1.82) is 0 Å². The highest BCUT2D eigenvalue weighted by Gasteiger charge is 2.12. The van der Waals surface area contributed by atoms with Gasteiger partial charge in [0.15, 0.2) is 5.52 Å². The quantitative estimate of drug-likeness (QED) is 0.566. The number of hydrogen-bond donors (Lipinski definition) is 1. The average molecular weight is 263 g/mol. The number of rotatable bonds is 1. The highest BCUT2D eigenvalue weighted by Crippen LogP contribution is 2.18. The van der Waals surface area contributed by atoms with E-state index >= 15 is 0 Å². The van der Waals surface area contributed by atoms with Crippen LogP contribution in [0.2, 0.25) is 0 Å². The molecule has 3 heterocycles. The van der Waals surface area contributed by atoms with Gasteiger partial charge in [0, 0.05) is 17.8 Å². The second-order valence-electron chi connectivity index (χ2n) is 4.40. The molecule has 0 bridgehead atoms. The molecule has 1 aromatic carbocycles. The van der Waals surface area contributed by atoms with Gasteiger partial charge in [0.25, 0.3) is 5.56 Å². The fraction of sp³-hybridized carbons (Fsp3) is 0. The molecule has 3 aromatic heterocycles. The SMILES string of the molecule is O=c1c2nnc3ccccc3c2[nH]n1-c1ccncc1. The Morgan fingerprint density at radius 1 is 1.00 bits per heavy atom. The van der Waals surface area contributed by atoms with E-state index in [4.69, 9.17) is 0 Å². The van der Waals surface area contributed by atoms with E-state index in [2.05, 4.69) is 20.3 Å². The van der Waals surface area contributed by atoms with Crippen molar-refractivity contribution in [2.75, 3.05) is 0 Å². The standard InChI is InChI=1S/C14H9N5O/c20-14-13-12(10-3-1-2-4-11(10)16-17-13)18-19(14)9-5-7-15-8-6-9/h1-8,18H. The highest BCUT2D eigenvalue weighted by molar-refractivity contribution is 6.00. The lowest BCUT2D eigenvalue weighted by Gasteiger charge is -1.99. The van der Waals surface area contributed by atoms with Crippen LogP contribution >= 0.6 is 0 Å². The zero-order valence-corrected chi connectivity index (χ0v) is 10.3. The Morgan fingerprint density at radius 3 is 2.65 bits per heavy atom. The van der Waals surface area contributed by atoms with Gasteiger partial charge in [0.05, 0.1) is 16.7 Å². The van der Waals surface area contributed by atoms with Crippen LogP contribution < -0.4 is 5.56 Å². The summed E-state index contributed by atoms with van der Waals surface area (Å²) in [4.78, 5) is 16.3. The van der Waals surface area contributed by atoms with Crippen molar-refractivity contribution in [3.8, 4) is 5.69 Å². The van der Waals surface area contributed by atoms with E-state index in [1.807, 2.05) is 24.3 Å². The largest absolute Gasteiger partial charge is 0.299 e. The molecule has 6 nitrogen and oxygen atoms in total. The summed E-state index contributed by atoms with van der Waals surface area (Å²) in [7, 11) is 0. The van der Waals surface area contributed by atoms with Crippen molar-refractivity contribution in [3.05, 3.63) is 59.1 Å². The number of benzene rings is 1. The Labute approximate surface area is 112 Å². The summed E-state index contributed by atoms with van der Waals surface area (Å²) >= 11 is 0. The Kier molecular flexibility index (Phi) is 2.17. The maximum Gasteiger partial charge on any atom is 0.299 e. The van der Waals surface area contributed by atoms with Crippen molar-refractivity contribution >= 4 is 21.9 Å². The van der Waals surface area contributed by atoms with Gasteiger partial charge in [-0.05, 0) is 18.2 Å². The first-order valence-corrected chi connectivity index (χ1v) is 6.11.